The number of aliphatic hydroxyl groups is 2. The van der Waals surface area contributed by atoms with E-state index in [0.29, 0.717) is 5.76 Å². The average Bonchev–Trinajstić information content (AvgIpc) is 2.85. The van der Waals surface area contributed by atoms with Crippen LogP contribution in [0.15, 0.2) is 21.6 Å². The Morgan fingerprint density at radius 2 is 2.00 bits per heavy atom. The Morgan fingerprint density at radius 3 is 2.39 bits per heavy atom. The average molecular weight is 278 g/mol. The van der Waals surface area contributed by atoms with E-state index < -0.39 is 28.8 Å². The number of hydrogen-bond donors (Lipinski definition) is 4. The minimum atomic E-state index is -3.94. The molecule has 0 saturated heterocycles. The van der Waals surface area contributed by atoms with Crippen molar-refractivity contribution in [3.63, 3.8) is 0 Å². The molecule has 0 aliphatic heterocycles. The van der Waals surface area contributed by atoms with Crippen molar-refractivity contribution in [2.45, 2.75) is 30.5 Å². The van der Waals surface area contributed by atoms with Crippen molar-refractivity contribution in [3.05, 3.63) is 17.9 Å². The zero-order valence-electron chi connectivity index (χ0n) is 10.1. The van der Waals surface area contributed by atoms with Gasteiger partial charge >= 0.3 is 0 Å². The van der Waals surface area contributed by atoms with Crippen molar-refractivity contribution in [3.8, 4) is 0 Å². The van der Waals surface area contributed by atoms with Crippen LogP contribution in [0.1, 0.15) is 19.1 Å². The maximum absolute atomic E-state index is 12.0. The van der Waals surface area contributed by atoms with Crippen molar-refractivity contribution in [2.75, 3.05) is 13.2 Å². The van der Waals surface area contributed by atoms with E-state index in [4.69, 9.17) is 10.2 Å². The molecule has 5 N–H and O–H groups in total. The number of hydrogen-bond acceptors (Lipinski definition) is 6. The zero-order valence-corrected chi connectivity index (χ0v) is 10.9. The summed E-state index contributed by atoms with van der Waals surface area (Å²) in [6.07, 6.45) is 0.240. The fourth-order valence-electron chi connectivity index (χ4n) is 1.36. The maximum Gasteiger partial charge on any atom is 0.274 e. The molecule has 0 bridgehead atoms. The molecule has 0 fully saturated rings. The molecule has 0 aliphatic carbocycles. The second-order valence-corrected chi connectivity index (χ2v) is 5.59. The number of nitrogens with two attached hydrogens (primary N) is 1. The molecule has 7 nitrogen and oxygen atoms in total. The Kier molecular flexibility index (Phi) is 4.88. The lowest BCUT2D eigenvalue weighted by molar-refractivity contribution is 0.105. The number of nitrogens with one attached hydrogen (secondary N) is 1. The molecule has 1 aromatic rings. The first-order chi connectivity index (χ1) is 8.43. The molecule has 8 heteroatoms. The first-order valence-corrected chi connectivity index (χ1v) is 6.96. The first kappa shape index (κ1) is 15.1. The lowest BCUT2D eigenvalue weighted by Crippen LogP contribution is -2.53. The van der Waals surface area contributed by atoms with Gasteiger partial charge in [0.05, 0.1) is 25.3 Å². The van der Waals surface area contributed by atoms with E-state index in [0.717, 1.165) is 0 Å². The fourth-order valence-corrected chi connectivity index (χ4v) is 2.77. The first-order valence-electron chi connectivity index (χ1n) is 5.47. The van der Waals surface area contributed by atoms with Crippen LogP contribution in [0.4, 0.5) is 0 Å². The lowest BCUT2D eigenvalue weighted by Gasteiger charge is -2.28. The summed E-state index contributed by atoms with van der Waals surface area (Å²) in [4.78, 5) is 0. The quantitative estimate of drug-likeness (QED) is 0.515. The Balaban J connectivity index is 3.00. The van der Waals surface area contributed by atoms with Gasteiger partial charge in [-0.2, -0.15) is 4.72 Å². The van der Waals surface area contributed by atoms with Crippen molar-refractivity contribution < 1.29 is 23.0 Å². The van der Waals surface area contributed by atoms with E-state index in [2.05, 4.69) is 4.72 Å². The summed E-state index contributed by atoms with van der Waals surface area (Å²) < 4.78 is 31.3. The number of rotatable bonds is 7. The van der Waals surface area contributed by atoms with Crippen LogP contribution in [0, 0.1) is 0 Å². The van der Waals surface area contributed by atoms with Gasteiger partial charge in [0.25, 0.3) is 10.0 Å². The minimum Gasteiger partial charge on any atom is -0.447 e. The lowest BCUT2D eigenvalue weighted by atomic mass is 10.0. The van der Waals surface area contributed by atoms with E-state index in [1.54, 1.807) is 6.92 Å². The molecule has 0 spiro atoms. The monoisotopic (exact) mass is 278 g/mol. The molecule has 0 aromatic carbocycles. The van der Waals surface area contributed by atoms with Crippen molar-refractivity contribution in [1.82, 2.24) is 4.72 Å². The third-order valence-electron chi connectivity index (χ3n) is 2.74. The summed E-state index contributed by atoms with van der Waals surface area (Å²) >= 11 is 0. The highest BCUT2D eigenvalue weighted by Crippen LogP contribution is 2.18. The van der Waals surface area contributed by atoms with Crippen LogP contribution in [0.2, 0.25) is 0 Å². The molecule has 0 saturated carbocycles. The zero-order chi connectivity index (χ0) is 13.8. The highest BCUT2D eigenvalue weighted by molar-refractivity contribution is 7.89. The Labute approximate surface area is 106 Å². The van der Waals surface area contributed by atoms with Crippen LogP contribution in [0.3, 0.4) is 0 Å². The van der Waals surface area contributed by atoms with Gasteiger partial charge in [0.15, 0.2) is 0 Å². The molecule has 1 heterocycles. The molecule has 0 radical (unpaired) electrons. The van der Waals surface area contributed by atoms with Crippen molar-refractivity contribution in [2.24, 2.45) is 5.73 Å². The van der Waals surface area contributed by atoms with Crippen LogP contribution >= 0.6 is 0 Å². The predicted octanol–water partition coefficient (Wildman–Crippen LogP) is -0.850. The number of aliphatic hydroxyl groups excluding tert-OH is 2. The highest BCUT2D eigenvalue weighted by Gasteiger charge is 2.34. The van der Waals surface area contributed by atoms with E-state index in [1.165, 1.54) is 12.1 Å². The summed E-state index contributed by atoms with van der Waals surface area (Å²) in [7, 11) is -3.94. The van der Waals surface area contributed by atoms with Gasteiger partial charge in [-0.3, -0.25) is 0 Å². The third kappa shape index (κ3) is 3.09. The van der Waals surface area contributed by atoms with Crippen LogP contribution in [-0.4, -0.2) is 37.4 Å². The molecule has 104 valence electrons. The van der Waals surface area contributed by atoms with E-state index in [9.17, 15) is 18.6 Å². The number of sulfonamides is 1. The Bertz CT molecular complexity index is 470. The maximum atomic E-state index is 12.0. The van der Waals surface area contributed by atoms with Gasteiger partial charge in [0, 0.05) is 0 Å². The van der Waals surface area contributed by atoms with Gasteiger partial charge in [-0.1, -0.05) is 6.92 Å². The van der Waals surface area contributed by atoms with Gasteiger partial charge in [0.1, 0.15) is 5.76 Å². The van der Waals surface area contributed by atoms with Gasteiger partial charge < -0.3 is 20.4 Å². The van der Waals surface area contributed by atoms with Gasteiger partial charge in [-0.15, -0.1) is 0 Å². The molecule has 0 aliphatic rings. The van der Waals surface area contributed by atoms with E-state index in [1.807, 2.05) is 0 Å². The highest BCUT2D eigenvalue weighted by atomic mass is 32.2. The second kappa shape index (κ2) is 5.81. The van der Waals surface area contributed by atoms with Crippen molar-refractivity contribution in [1.29, 1.82) is 0 Å². The topological polar surface area (TPSA) is 126 Å². The fraction of sp³-hybridized carbons (Fsp3) is 0.600. The van der Waals surface area contributed by atoms with E-state index in [-0.39, 0.29) is 18.1 Å². The van der Waals surface area contributed by atoms with Crippen LogP contribution in [0.25, 0.3) is 0 Å². The summed E-state index contributed by atoms with van der Waals surface area (Å²) in [6.45, 7) is 0.726. The second-order valence-electron chi connectivity index (χ2n) is 3.98. The van der Waals surface area contributed by atoms with Gasteiger partial charge in [-0.25, -0.2) is 8.42 Å². The smallest absolute Gasteiger partial charge is 0.274 e. The molecular weight excluding hydrogens is 260 g/mol. The molecule has 18 heavy (non-hydrogen) atoms. The predicted molar refractivity (Wildman–Crippen MR) is 64.1 cm³/mol. The van der Waals surface area contributed by atoms with Gasteiger partial charge in [-0.05, 0) is 18.6 Å². The molecular formula is C10H18N2O5S. The summed E-state index contributed by atoms with van der Waals surface area (Å²) in [6, 6.07) is 2.74. The molecule has 1 aromatic heterocycles. The SMILES string of the molecule is CCC(CO)(CO)NS(=O)(=O)c1ccc(CN)o1. The molecule has 0 atom stereocenters. The van der Waals surface area contributed by atoms with Crippen molar-refractivity contribution >= 4 is 10.0 Å². The molecule has 0 unspecified atom stereocenters. The normalized spacial score (nSPS) is 12.9. The van der Waals surface area contributed by atoms with E-state index >= 15 is 0 Å². The van der Waals surface area contributed by atoms with Crippen LogP contribution in [-0.2, 0) is 16.6 Å². The Morgan fingerprint density at radius 1 is 1.39 bits per heavy atom. The summed E-state index contributed by atoms with van der Waals surface area (Å²) in [5.41, 5.74) is 4.03. The molecule has 1 rings (SSSR count). The van der Waals surface area contributed by atoms with Gasteiger partial charge in [0.2, 0.25) is 5.09 Å². The third-order valence-corrected chi connectivity index (χ3v) is 4.19. The van der Waals surface area contributed by atoms with Crippen LogP contribution in [0.5, 0.6) is 0 Å². The summed E-state index contributed by atoms with van der Waals surface area (Å²) in [5.74, 6) is 0.338. The number of furan rings is 1. The molecule has 0 amide bonds. The standard InChI is InChI=1S/C10H18N2O5S/c1-2-10(6-13,7-14)12-18(15,16)9-4-3-8(5-11)17-9/h3-4,12-14H,2,5-7,11H2,1H3. The Hall–Kier alpha value is -0.930. The minimum absolute atomic E-state index is 0.0917. The summed E-state index contributed by atoms with van der Waals surface area (Å²) in [5, 5.41) is 18.1. The largest absolute Gasteiger partial charge is 0.447 e. The van der Waals surface area contributed by atoms with Crippen LogP contribution < -0.4 is 10.5 Å².